The smallest absolute Gasteiger partial charge is 0.0408 e. The Morgan fingerprint density at radius 2 is 2.11 bits per heavy atom. The van der Waals surface area contributed by atoms with Gasteiger partial charge in [-0.3, -0.25) is 0 Å². The highest BCUT2D eigenvalue weighted by Crippen LogP contribution is 2.25. The molecule has 1 aromatic heterocycles. The van der Waals surface area contributed by atoms with E-state index >= 15 is 0 Å². The van der Waals surface area contributed by atoms with Gasteiger partial charge in [0.05, 0.1) is 0 Å². The minimum atomic E-state index is 0.366. The highest BCUT2D eigenvalue weighted by Gasteiger charge is 2.11. The summed E-state index contributed by atoms with van der Waals surface area (Å²) in [6.07, 6.45) is 0.984. The van der Waals surface area contributed by atoms with E-state index in [0.29, 0.717) is 12.1 Å². The normalized spacial score (nSPS) is 14.3. The Kier molecular flexibility index (Phi) is 5.46. The molecule has 0 aliphatic heterocycles. The van der Waals surface area contributed by atoms with Crippen LogP contribution in [0.5, 0.6) is 0 Å². The van der Waals surface area contributed by atoms with E-state index < -0.39 is 0 Å². The van der Waals surface area contributed by atoms with E-state index in [2.05, 4.69) is 52.6 Å². The molecule has 0 radical (unpaired) electrons. The molecule has 0 bridgehead atoms. The molecule has 2 rings (SSSR count). The average Bonchev–Trinajstić information content (AvgIpc) is 2.75. The lowest BCUT2D eigenvalue weighted by molar-refractivity contribution is 0.482. The zero-order valence-corrected chi connectivity index (χ0v) is 14.1. The van der Waals surface area contributed by atoms with E-state index in [-0.39, 0.29) is 0 Å². The van der Waals surface area contributed by atoms with Gasteiger partial charge in [0.2, 0.25) is 0 Å². The Bertz CT molecular complexity index is 540. The molecule has 1 heterocycles. The summed E-state index contributed by atoms with van der Waals surface area (Å²) in [6, 6.07) is 11.0. The molecule has 102 valence electrons. The maximum absolute atomic E-state index is 6.01. The largest absolute Gasteiger partial charge is 0.307 e. The minimum Gasteiger partial charge on any atom is -0.307 e. The second kappa shape index (κ2) is 6.89. The van der Waals surface area contributed by atoms with Crippen molar-refractivity contribution in [3.63, 3.8) is 0 Å². The maximum Gasteiger partial charge on any atom is 0.0408 e. The molecule has 2 unspecified atom stereocenters. The maximum atomic E-state index is 6.01. The number of benzene rings is 1. The fourth-order valence-corrected chi connectivity index (χ4v) is 3.82. The van der Waals surface area contributed by atoms with Crippen molar-refractivity contribution in [3.8, 4) is 0 Å². The van der Waals surface area contributed by atoms with E-state index in [9.17, 15) is 0 Å². The van der Waals surface area contributed by atoms with Gasteiger partial charge >= 0.3 is 0 Å². The van der Waals surface area contributed by atoms with Crippen LogP contribution in [0.25, 0.3) is 0 Å². The van der Waals surface area contributed by atoms with Crippen molar-refractivity contribution in [2.75, 3.05) is 0 Å². The summed E-state index contributed by atoms with van der Waals surface area (Å²) in [4.78, 5) is 1.35. The summed E-state index contributed by atoms with van der Waals surface area (Å²) < 4.78 is 1.16. The van der Waals surface area contributed by atoms with Crippen LogP contribution in [-0.4, -0.2) is 6.04 Å². The van der Waals surface area contributed by atoms with Gasteiger partial charge in [-0.1, -0.05) is 23.7 Å². The van der Waals surface area contributed by atoms with Crippen LogP contribution in [0.15, 0.2) is 40.2 Å². The Hall–Kier alpha value is -0.350. The van der Waals surface area contributed by atoms with Gasteiger partial charge in [-0.2, -0.15) is 0 Å². The lowest BCUT2D eigenvalue weighted by atomic mass is 10.1. The molecular formula is C15H17BrClNS. The van der Waals surface area contributed by atoms with Gasteiger partial charge in [0.15, 0.2) is 0 Å². The molecule has 19 heavy (non-hydrogen) atoms. The second-order valence-corrected chi connectivity index (χ2v) is 7.09. The van der Waals surface area contributed by atoms with Gasteiger partial charge in [-0.05, 0) is 60.0 Å². The highest BCUT2D eigenvalue weighted by atomic mass is 79.9. The number of rotatable bonds is 5. The van der Waals surface area contributed by atoms with Gasteiger partial charge in [0, 0.05) is 31.8 Å². The summed E-state index contributed by atoms with van der Waals surface area (Å²) in [5, 5.41) is 6.55. The van der Waals surface area contributed by atoms with Crippen LogP contribution in [0.1, 0.15) is 30.3 Å². The zero-order chi connectivity index (χ0) is 13.8. The monoisotopic (exact) mass is 357 g/mol. The summed E-state index contributed by atoms with van der Waals surface area (Å²) in [5.41, 5.74) is 1.27. The molecular weight excluding hydrogens is 342 g/mol. The fraction of sp³-hybridized carbons (Fsp3) is 0.333. The number of hydrogen-bond donors (Lipinski definition) is 1. The number of hydrogen-bond acceptors (Lipinski definition) is 2. The van der Waals surface area contributed by atoms with Gasteiger partial charge < -0.3 is 5.32 Å². The van der Waals surface area contributed by atoms with E-state index in [1.54, 1.807) is 11.3 Å². The fourth-order valence-electron chi connectivity index (χ4n) is 2.14. The van der Waals surface area contributed by atoms with Crippen LogP contribution in [0.3, 0.4) is 0 Å². The molecule has 1 aromatic carbocycles. The molecule has 0 aliphatic carbocycles. The molecule has 2 atom stereocenters. The van der Waals surface area contributed by atoms with E-state index in [1.165, 1.54) is 10.4 Å². The van der Waals surface area contributed by atoms with Crippen LogP contribution in [-0.2, 0) is 6.42 Å². The lowest BCUT2D eigenvalue weighted by Gasteiger charge is -2.19. The minimum absolute atomic E-state index is 0.366. The number of thiophene rings is 1. The summed E-state index contributed by atoms with van der Waals surface area (Å²) in [7, 11) is 0. The molecule has 0 saturated heterocycles. The summed E-state index contributed by atoms with van der Waals surface area (Å²) >= 11 is 11.3. The molecule has 1 N–H and O–H groups in total. The van der Waals surface area contributed by atoms with Crippen molar-refractivity contribution >= 4 is 38.9 Å². The Labute approximate surface area is 132 Å². The number of halogens is 2. The molecule has 0 spiro atoms. The predicted octanol–water partition coefficient (Wildman–Crippen LogP) is 5.45. The van der Waals surface area contributed by atoms with Crippen LogP contribution in [0.4, 0.5) is 0 Å². The first-order valence-electron chi connectivity index (χ1n) is 6.29. The van der Waals surface area contributed by atoms with E-state index in [4.69, 9.17) is 11.6 Å². The van der Waals surface area contributed by atoms with Crippen LogP contribution < -0.4 is 5.32 Å². The van der Waals surface area contributed by atoms with Crippen molar-refractivity contribution in [3.05, 3.63) is 55.6 Å². The van der Waals surface area contributed by atoms with Crippen LogP contribution >= 0.6 is 38.9 Å². The van der Waals surface area contributed by atoms with Crippen LogP contribution in [0, 0.1) is 0 Å². The van der Waals surface area contributed by atoms with Crippen molar-refractivity contribution in [1.82, 2.24) is 5.32 Å². The third-order valence-electron chi connectivity index (χ3n) is 2.98. The van der Waals surface area contributed by atoms with Crippen molar-refractivity contribution < 1.29 is 0 Å². The molecule has 4 heteroatoms. The first-order valence-corrected chi connectivity index (χ1v) is 8.34. The molecule has 1 nitrogen and oxygen atoms in total. The summed E-state index contributed by atoms with van der Waals surface area (Å²) in [5.74, 6) is 0. The van der Waals surface area contributed by atoms with Crippen molar-refractivity contribution in [1.29, 1.82) is 0 Å². The lowest BCUT2D eigenvalue weighted by Crippen LogP contribution is -2.30. The summed E-state index contributed by atoms with van der Waals surface area (Å²) in [6.45, 7) is 4.41. The number of nitrogens with one attached hydrogen (secondary N) is 1. The molecule has 0 saturated carbocycles. The Morgan fingerprint density at radius 3 is 2.74 bits per heavy atom. The molecule has 0 aliphatic rings. The van der Waals surface area contributed by atoms with Gasteiger partial charge in [0.25, 0.3) is 0 Å². The van der Waals surface area contributed by atoms with Gasteiger partial charge in [0.1, 0.15) is 0 Å². The van der Waals surface area contributed by atoms with Crippen molar-refractivity contribution in [2.45, 2.75) is 32.4 Å². The Morgan fingerprint density at radius 1 is 1.32 bits per heavy atom. The van der Waals surface area contributed by atoms with Crippen LogP contribution in [0.2, 0.25) is 5.02 Å². The van der Waals surface area contributed by atoms with Gasteiger partial charge in [-0.25, -0.2) is 0 Å². The SMILES string of the molecule is CC(Cc1cccc(Cl)c1)NC(C)c1cc(Br)cs1. The van der Waals surface area contributed by atoms with Gasteiger partial charge in [-0.15, -0.1) is 11.3 Å². The third kappa shape index (κ3) is 4.60. The average molecular weight is 359 g/mol. The Balaban J connectivity index is 1.92. The predicted molar refractivity (Wildman–Crippen MR) is 88.2 cm³/mol. The molecule has 0 amide bonds. The van der Waals surface area contributed by atoms with Crippen molar-refractivity contribution in [2.24, 2.45) is 0 Å². The standard InChI is InChI=1S/C15H17BrClNS/c1-10(6-12-4-3-5-14(17)7-12)18-11(2)15-8-13(16)9-19-15/h3-5,7-11,18H,6H2,1-2H3. The second-order valence-electron chi connectivity index (χ2n) is 4.79. The van der Waals surface area contributed by atoms with E-state index in [0.717, 1.165) is 15.9 Å². The highest BCUT2D eigenvalue weighted by molar-refractivity contribution is 9.10. The zero-order valence-electron chi connectivity index (χ0n) is 11.0. The quantitative estimate of drug-likeness (QED) is 0.749. The molecule has 2 aromatic rings. The van der Waals surface area contributed by atoms with E-state index in [1.807, 2.05) is 18.2 Å². The first kappa shape index (κ1) is 15.0. The molecule has 0 fully saturated rings. The first-order chi connectivity index (χ1) is 9.04. The third-order valence-corrected chi connectivity index (χ3v) is 5.09. The topological polar surface area (TPSA) is 12.0 Å².